The highest BCUT2D eigenvalue weighted by Gasteiger charge is 2.55. The molecular weight excluding hydrogens is 258 g/mol. The standard InChI is InChI=1S/C14H28NO3Si/c1-8-11-15(12-9-2,13-10-3)14(4)19(16-5,17-6)18-7/h8-10,14H,1-3,11-13H2,4-7H3/q+1. The third-order valence-corrected chi connectivity index (χ3v) is 6.94. The summed E-state index contributed by atoms with van der Waals surface area (Å²) >= 11 is 0. The van der Waals surface area contributed by atoms with Crippen molar-refractivity contribution in [2.45, 2.75) is 12.6 Å². The Bertz CT molecular complexity index is 268. The van der Waals surface area contributed by atoms with Gasteiger partial charge in [-0.2, -0.15) is 0 Å². The average molecular weight is 286 g/mol. The van der Waals surface area contributed by atoms with Crippen LogP contribution in [0.3, 0.4) is 0 Å². The summed E-state index contributed by atoms with van der Waals surface area (Å²) in [5.74, 6) is 0. The van der Waals surface area contributed by atoms with E-state index in [1.54, 1.807) is 21.3 Å². The smallest absolute Gasteiger partial charge is 0.373 e. The van der Waals surface area contributed by atoms with Gasteiger partial charge in [0.25, 0.3) is 0 Å². The van der Waals surface area contributed by atoms with Crippen LogP contribution in [0.1, 0.15) is 6.92 Å². The predicted octanol–water partition coefficient (Wildman–Crippen LogP) is 2.17. The molecular formula is C14H28NO3Si+. The van der Waals surface area contributed by atoms with E-state index in [0.29, 0.717) is 4.48 Å². The molecule has 0 rings (SSSR count). The number of rotatable bonds is 11. The van der Waals surface area contributed by atoms with E-state index in [1.807, 2.05) is 18.2 Å². The van der Waals surface area contributed by atoms with Gasteiger partial charge in [-0.05, 0) is 25.2 Å². The minimum absolute atomic E-state index is 0.0569. The maximum atomic E-state index is 5.62. The Morgan fingerprint density at radius 2 is 1.21 bits per heavy atom. The molecule has 0 aromatic heterocycles. The van der Waals surface area contributed by atoms with Crippen molar-refractivity contribution in [2.75, 3.05) is 41.0 Å². The van der Waals surface area contributed by atoms with Gasteiger partial charge in [-0.3, -0.25) is 0 Å². The summed E-state index contributed by atoms with van der Waals surface area (Å²) in [5, 5.41) is 0. The molecule has 0 saturated heterocycles. The van der Waals surface area contributed by atoms with Crippen LogP contribution in [0.2, 0.25) is 0 Å². The molecule has 0 aliphatic carbocycles. The Hall–Kier alpha value is -0.723. The Balaban J connectivity index is 5.59. The molecule has 1 unspecified atom stereocenters. The molecule has 0 bridgehead atoms. The molecule has 19 heavy (non-hydrogen) atoms. The third-order valence-electron chi connectivity index (χ3n) is 3.66. The molecule has 0 aromatic rings. The highest BCUT2D eigenvalue weighted by molar-refractivity contribution is 6.61. The van der Waals surface area contributed by atoms with Crippen LogP contribution in [0.15, 0.2) is 38.0 Å². The molecule has 0 spiro atoms. The second-order valence-corrected chi connectivity index (χ2v) is 7.79. The SMILES string of the molecule is C=CC[N+](CC=C)(CC=C)C(C)[Si](OC)(OC)OC. The topological polar surface area (TPSA) is 27.7 Å². The Morgan fingerprint density at radius 1 is 0.895 bits per heavy atom. The molecule has 0 aliphatic heterocycles. The van der Waals surface area contributed by atoms with Gasteiger partial charge in [0.2, 0.25) is 0 Å². The average Bonchev–Trinajstić information content (AvgIpc) is 2.42. The molecule has 110 valence electrons. The molecule has 0 radical (unpaired) electrons. The number of hydrogen-bond acceptors (Lipinski definition) is 3. The fraction of sp³-hybridized carbons (Fsp3) is 0.571. The Morgan fingerprint density at radius 3 is 1.42 bits per heavy atom. The Labute approximate surface area is 118 Å². The molecule has 0 amide bonds. The molecule has 0 heterocycles. The Kier molecular flexibility index (Phi) is 8.13. The monoisotopic (exact) mass is 286 g/mol. The summed E-state index contributed by atoms with van der Waals surface area (Å²) in [6, 6.07) is 0. The minimum atomic E-state index is -2.74. The normalized spacial score (nSPS) is 13.9. The number of hydrogen-bond donors (Lipinski definition) is 0. The first-order valence-electron chi connectivity index (χ1n) is 6.36. The summed E-state index contributed by atoms with van der Waals surface area (Å²) in [6.07, 6.45) is 5.72. The van der Waals surface area contributed by atoms with Gasteiger partial charge < -0.3 is 17.8 Å². The van der Waals surface area contributed by atoms with E-state index in [-0.39, 0.29) is 5.67 Å². The molecule has 1 atom stereocenters. The molecule has 4 nitrogen and oxygen atoms in total. The highest BCUT2D eigenvalue weighted by atomic mass is 28.4. The van der Waals surface area contributed by atoms with Crippen molar-refractivity contribution in [3.8, 4) is 0 Å². The van der Waals surface area contributed by atoms with Gasteiger partial charge in [-0.25, -0.2) is 0 Å². The van der Waals surface area contributed by atoms with E-state index in [2.05, 4.69) is 26.7 Å². The van der Waals surface area contributed by atoms with Crippen molar-refractivity contribution >= 4 is 8.80 Å². The van der Waals surface area contributed by atoms with E-state index in [0.717, 1.165) is 19.6 Å². The molecule has 0 saturated carbocycles. The van der Waals surface area contributed by atoms with Crippen LogP contribution < -0.4 is 0 Å². The van der Waals surface area contributed by atoms with Gasteiger partial charge in [0.15, 0.2) is 5.67 Å². The second-order valence-electron chi connectivity index (χ2n) is 4.52. The first kappa shape index (κ1) is 18.3. The summed E-state index contributed by atoms with van der Waals surface area (Å²) in [4.78, 5) is 0. The number of nitrogens with zero attached hydrogens (tertiary/aromatic N) is 1. The van der Waals surface area contributed by atoms with Crippen molar-refractivity contribution < 1.29 is 17.8 Å². The van der Waals surface area contributed by atoms with E-state index in [4.69, 9.17) is 13.3 Å². The fourth-order valence-electron chi connectivity index (χ4n) is 2.57. The van der Waals surface area contributed by atoms with Crippen LogP contribution in [0.5, 0.6) is 0 Å². The maximum absolute atomic E-state index is 5.62. The molecule has 0 fully saturated rings. The summed E-state index contributed by atoms with van der Waals surface area (Å²) in [5.41, 5.74) is 0.0569. The van der Waals surface area contributed by atoms with E-state index >= 15 is 0 Å². The highest BCUT2D eigenvalue weighted by Crippen LogP contribution is 2.25. The van der Waals surface area contributed by atoms with E-state index in [1.165, 1.54) is 0 Å². The van der Waals surface area contributed by atoms with Crippen molar-refractivity contribution in [3.63, 3.8) is 0 Å². The van der Waals surface area contributed by atoms with Gasteiger partial charge in [0.05, 0.1) is 19.6 Å². The van der Waals surface area contributed by atoms with Crippen LogP contribution in [0.4, 0.5) is 0 Å². The van der Waals surface area contributed by atoms with E-state index < -0.39 is 8.80 Å². The molecule has 0 aliphatic rings. The molecule has 0 aromatic carbocycles. The van der Waals surface area contributed by atoms with Crippen LogP contribution >= 0.6 is 0 Å². The fourth-order valence-corrected chi connectivity index (χ4v) is 5.08. The summed E-state index contributed by atoms with van der Waals surface area (Å²) < 4.78 is 17.5. The lowest BCUT2D eigenvalue weighted by Gasteiger charge is -2.45. The first-order valence-corrected chi connectivity index (χ1v) is 8.16. The van der Waals surface area contributed by atoms with Gasteiger partial charge in [-0.1, -0.05) is 19.7 Å². The van der Waals surface area contributed by atoms with Crippen molar-refractivity contribution in [3.05, 3.63) is 38.0 Å². The molecule has 0 N–H and O–H groups in total. The van der Waals surface area contributed by atoms with Gasteiger partial charge in [-0.15, -0.1) is 0 Å². The van der Waals surface area contributed by atoms with Gasteiger partial charge in [0, 0.05) is 21.3 Å². The second kappa shape index (κ2) is 8.45. The quantitative estimate of drug-likeness (QED) is 0.331. The minimum Gasteiger partial charge on any atom is -0.373 e. The van der Waals surface area contributed by atoms with E-state index in [9.17, 15) is 0 Å². The first-order chi connectivity index (χ1) is 9.02. The maximum Gasteiger partial charge on any atom is 0.561 e. The van der Waals surface area contributed by atoms with Crippen molar-refractivity contribution in [1.29, 1.82) is 0 Å². The predicted molar refractivity (Wildman–Crippen MR) is 81.7 cm³/mol. The lowest BCUT2D eigenvalue weighted by molar-refractivity contribution is -0.925. The van der Waals surface area contributed by atoms with Crippen LogP contribution in [-0.2, 0) is 13.3 Å². The van der Waals surface area contributed by atoms with Crippen LogP contribution in [0.25, 0.3) is 0 Å². The third kappa shape index (κ3) is 3.87. The summed E-state index contributed by atoms with van der Waals surface area (Å²) in [6.45, 7) is 16.0. The zero-order valence-electron chi connectivity index (χ0n) is 12.7. The van der Waals surface area contributed by atoms with Crippen LogP contribution in [-0.4, -0.2) is 59.9 Å². The number of quaternary nitrogens is 1. The largest absolute Gasteiger partial charge is 0.561 e. The lowest BCUT2D eigenvalue weighted by atomic mass is 10.3. The van der Waals surface area contributed by atoms with Crippen molar-refractivity contribution in [2.24, 2.45) is 0 Å². The van der Waals surface area contributed by atoms with Crippen LogP contribution in [0, 0.1) is 0 Å². The van der Waals surface area contributed by atoms with Gasteiger partial charge in [0.1, 0.15) is 0 Å². The van der Waals surface area contributed by atoms with Gasteiger partial charge >= 0.3 is 8.80 Å². The van der Waals surface area contributed by atoms with Crippen molar-refractivity contribution in [1.82, 2.24) is 0 Å². The summed E-state index contributed by atoms with van der Waals surface area (Å²) in [7, 11) is 2.18. The lowest BCUT2D eigenvalue weighted by Crippen LogP contribution is -2.69. The molecule has 5 heteroatoms. The zero-order valence-corrected chi connectivity index (χ0v) is 13.7. The zero-order chi connectivity index (χ0) is 14.9.